The van der Waals surface area contributed by atoms with Crippen molar-refractivity contribution in [1.82, 2.24) is 19.5 Å². The highest BCUT2D eigenvalue weighted by Gasteiger charge is 2.58. The number of nitrogens with one attached hydrogen (secondary N) is 1. The zero-order chi connectivity index (χ0) is 21.2. The van der Waals surface area contributed by atoms with Crippen molar-refractivity contribution >= 4 is 28.6 Å². The van der Waals surface area contributed by atoms with E-state index in [1.807, 2.05) is 42.7 Å². The number of imidazole rings is 1. The molecule has 2 fully saturated rings. The fourth-order valence-electron chi connectivity index (χ4n) is 4.52. The molecule has 3 aromatic rings. The van der Waals surface area contributed by atoms with Gasteiger partial charge in [-0.1, -0.05) is 23.7 Å². The van der Waals surface area contributed by atoms with Gasteiger partial charge in [-0.15, -0.1) is 0 Å². The summed E-state index contributed by atoms with van der Waals surface area (Å²) >= 11 is 6.08. The first kappa shape index (κ1) is 19.2. The lowest BCUT2D eigenvalue weighted by Crippen LogP contribution is -2.34. The van der Waals surface area contributed by atoms with Gasteiger partial charge in [0, 0.05) is 11.6 Å². The molecule has 6 rings (SSSR count). The number of fused-ring (bicyclic) bond motifs is 9. The van der Waals surface area contributed by atoms with Crippen LogP contribution in [0.4, 0.5) is 5.82 Å². The number of ether oxygens (including phenoxy) is 4. The standard InChI is InChI=1S/C21H22ClN5O4/c1-21(2)30-15-13-9-28-20-26-14-17(23-7-6-11-4-3-5-12(22)8-11)24-10-25-18(14)27(20)19(29-13)16(15)31-21/h3-5,8,10,13,15-16,19H,6-7,9H2,1-2H3,(H,23,24,25)/t13-,15-,16-,19-/m1/s1. The molecule has 0 radical (unpaired) electrons. The Morgan fingerprint density at radius 3 is 2.97 bits per heavy atom. The maximum atomic E-state index is 6.22. The fourth-order valence-corrected chi connectivity index (χ4v) is 4.74. The van der Waals surface area contributed by atoms with Gasteiger partial charge in [0.1, 0.15) is 31.2 Å². The molecule has 2 aromatic heterocycles. The molecule has 4 atom stereocenters. The second-order valence-electron chi connectivity index (χ2n) is 8.41. The van der Waals surface area contributed by atoms with Crippen LogP contribution in [-0.2, 0) is 20.6 Å². The van der Waals surface area contributed by atoms with Gasteiger partial charge < -0.3 is 24.3 Å². The zero-order valence-corrected chi connectivity index (χ0v) is 17.9. The second kappa shape index (κ2) is 7.03. The molecule has 9 nitrogen and oxygen atoms in total. The molecule has 0 unspecified atom stereocenters. The quantitative estimate of drug-likeness (QED) is 0.658. The van der Waals surface area contributed by atoms with Crippen LogP contribution in [0.2, 0.25) is 5.02 Å². The van der Waals surface area contributed by atoms with Gasteiger partial charge in [0.2, 0.25) is 0 Å². The van der Waals surface area contributed by atoms with Crippen molar-refractivity contribution in [2.75, 3.05) is 18.5 Å². The number of aromatic nitrogens is 4. The number of anilines is 1. The molecule has 0 aliphatic carbocycles. The lowest BCUT2D eigenvalue weighted by molar-refractivity contribution is -0.195. The highest BCUT2D eigenvalue weighted by molar-refractivity contribution is 6.30. The average Bonchev–Trinajstić information content (AvgIpc) is 3.30. The third kappa shape index (κ3) is 3.23. The SMILES string of the molecule is CC1(C)O[C@@H]2[C@H](O1)[C@H]1COc3nc4c(NCCc5cccc(Cl)c5)ncnc4n3[C@@H]2O1. The van der Waals surface area contributed by atoms with Crippen molar-refractivity contribution in [3.63, 3.8) is 0 Å². The van der Waals surface area contributed by atoms with Crippen LogP contribution in [0.3, 0.4) is 0 Å². The van der Waals surface area contributed by atoms with Crippen LogP contribution < -0.4 is 10.1 Å². The van der Waals surface area contributed by atoms with E-state index < -0.39 is 12.0 Å². The molecule has 1 aromatic carbocycles. The highest BCUT2D eigenvalue weighted by atomic mass is 35.5. The Kier molecular flexibility index (Phi) is 4.36. The Morgan fingerprint density at radius 2 is 2.10 bits per heavy atom. The lowest BCUT2D eigenvalue weighted by atomic mass is 10.1. The third-order valence-corrected chi connectivity index (χ3v) is 6.03. The van der Waals surface area contributed by atoms with Crippen molar-refractivity contribution in [1.29, 1.82) is 0 Å². The number of hydrogen-bond donors (Lipinski definition) is 1. The highest BCUT2D eigenvalue weighted by Crippen LogP contribution is 2.47. The van der Waals surface area contributed by atoms with E-state index in [2.05, 4.69) is 20.3 Å². The number of hydrogen-bond acceptors (Lipinski definition) is 8. The molecule has 5 heterocycles. The number of halogens is 1. The first-order valence-corrected chi connectivity index (χ1v) is 10.7. The van der Waals surface area contributed by atoms with Gasteiger partial charge >= 0.3 is 6.01 Å². The summed E-state index contributed by atoms with van der Waals surface area (Å²) in [5, 5.41) is 4.09. The van der Waals surface area contributed by atoms with E-state index in [0.717, 1.165) is 17.0 Å². The van der Waals surface area contributed by atoms with Crippen LogP contribution in [0.5, 0.6) is 6.01 Å². The van der Waals surface area contributed by atoms with E-state index in [0.29, 0.717) is 36.1 Å². The molecule has 1 N–H and O–H groups in total. The monoisotopic (exact) mass is 443 g/mol. The Morgan fingerprint density at radius 1 is 1.23 bits per heavy atom. The van der Waals surface area contributed by atoms with Crippen molar-refractivity contribution in [3.05, 3.63) is 41.2 Å². The maximum Gasteiger partial charge on any atom is 0.301 e. The first-order chi connectivity index (χ1) is 15.0. The van der Waals surface area contributed by atoms with E-state index in [4.69, 9.17) is 30.5 Å². The summed E-state index contributed by atoms with van der Waals surface area (Å²) in [7, 11) is 0. The van der Waals surface area contributed by atoms with E-state index in [9.17, 15) is 0 Å². The van der Waals surface area contributed by atoms with Gasteiger partial charge in [-0.05, 0) is 38.0 Å². The average molecular weight is 444 g/mol. The van der Waals surface area contributed by atoms with E-state index in [1.54, 1.807) is 0 Å². The topological polar surface area (TPSA) is 92.5 Å². The molecule has 3 aliphatic rings. The third-order valence-electron chi connectivity index (χ3n) is 5.80. The molecule has 2 saturated heterocycles. The van der Waals surface area contributed by atoms with Crippen molar-refractivity contribution < 1.29 is 18.9 Å². The van der Waals surface area contributed by atoms with Gasteiger partial charge in [0.05, 0.1) is 0 Å². The summed E-state index contributed by atoms with van der Waals surface area (Å²) in [6, 6.07) is 8.27. The molecular formula is C21H22ClN5O4. The smallest absolute Gasteiger partial charge is 0.301 e. The predicted molar refractivity (Wildman–Crippen MR) is 112 cm³/mol. The summed E-state index contributed by atoms with van der Waals surface area (Å²) in [6.45, 7) is 4.84. The first-order valence-electron chi connectivity index (χ1n) is 10.3. The molecule has 3 aliphatic heterocycles. The maximum absolute atomic E-state index is 6.22. The molecule has 2 bridgehead atoms. The van der Waals surface area contributed by atoms with Gasteiger partial charge in [0.25, 0.3) is 0 Å². The van der Waals surface area contributed by atoms with Crippen LogP contribution in [-0.4, -0.2) is 56.8 Å². The van der Waals surface area contributed by atoms with Crippen molar-refractivity contribution in [2.24, 2.45) is 0 Å². The summed E-state index contributed by atoms with van der Waals surface area (Å²) in [4.78, 5) is 13.6. The summed E-state index contributed by atoms with van der Waals surface area (Å²) in [6.07, 6.45) is 1.23. The van der Waals surface area contributed by atoms with Crippen LogP contribution in [0.25, 0.3) is 11.2 Å². The Labute approximate surface area is 183 Å². The lowest BCUT2D eigenvalue weighted by Gasteiger charge is -2.22. The molecule has 0 amide bonds. The van der Waals surface area contributed by atoms with Gasteiger partial charge in [-0.25, -0.2) is 14.5 Å². The molecule has 162 valence electrons. The van der Waals surface area contributed by atoms with Gasteiger partial charge in [-0.2, -0.15) is 4.98 Å². The van der Waals surface area contributed by atoms with Gasteiger partial charge in [-0.3, -0.25) is 0 Å². The Hall–Kier alpha value is -2.46. The van der Waals surface area contributed by atoms with E-state index in [-0.39, 0.29) is 18.3 Å². The minimum atomic E-state index is -0.668. The summed E-state index contributed by atoms with van der Waals surface area (Å²) < 4.78 is 26.3. The normalized spacial score (nSPS) is 28.1. The van der Waals surface area contributed by atoms with Crippen LogP contribution in [0, 0.1) is 0 Å². The van der Waals surface area contributed by atoms with Crippen LogP contribution in [0.15, 0.2) is 30.6 Å². The number of rotatable bonds is 4. The predicted octanol–water partition coefficient (Wildman–Crippen LogP) is 2.94. The van der Waals surface area contributed by atoms with E-state index in [1.165, 1.54) is 6.33 Å². The Balaban J connectivity index is 1.30. The minimum Gasteiger partial charge on any atom is -0.462 e. The van der Waals surface area contributed by atoms with Crippen LogP contribution >= 0.6 is 11.6 Å². The van der Waals surface area contributed by atoms with Crippen molar-refractivity contribution in [2.45, 2.75) is 50.6 Å². The molecule has 0 saturated carbocycles. The minimum absolute atomic E-state index is 0.192. The molecule has 10 heteroatoms. The zero-order valence-electron chi connectivity index (χ0n) is 17.1. The summed E-state index contributed by atoms with van der Waals surface area (Å²) in [5.74, 6) is -0.0235. The molecule has 0 spiro atoms. The van der Waals surface area contributed by atoms with Gasteiger partial charge in [0.15, 0.2) is 29.0 Å². The second-order valence-corrected chi connectivity index (χ2v) is 8.84. The largest absolute Gasteiger partial charge is 0.462 e. The Bertz CT molecular complexity index is 1150. The molecular weight excluding hydrogens is 422 g/mol. The van der Waals surface area contributed by atoms with Crippen LogP contribution in [0.1, 0.15) is 25.6 Å². The van der Waals surface area contributed by atoms with Crippen molar-refractivity contribution in [3.8, 4) is 6.01 Å². The summed E-state index contributed by atoms with van der Waals surface area (Å²) in [5.41, 5.74) is 2.41. The van der Waals surface area contributed by atoms with E-state index >= 15 is 0 Å². The fraction of sp³-hybridized carbons (Fsp3) is 0.476. The number of nitrogens with zero attached hydrogens (tertiary/aromatic N) is 4. The number of benzene rings is 1. The molecule has 31 heavy (non-hydrogen) atoms.